The van der Waals surface area contributed by atoms with E-state index in [0.29, 0.717) is 43.4 Å². The molecule has 0 N–H and O–H groups in total. The number of benzene rings is 2. The van der Waals surface area contributed by atoms with Crippen molar-refractivity contribution in [3.05, 3.63) is 65.2 Å². The maximum Gasteiger partial charge on any atom is 0.260 e. The van der Waals surface area contributed by atoms with Crippen LogP contribution in [0.15, 0.2) is 54.6 Å². The third-order valence-electron chi connectivity index (χ3n) is 4.85. The van der Waals surface area contributed by atoms with Gasteiger partial charge in [0.25, 0.3) is 5.91 Å². The van der Waals surface area contributed by atoms with Gasteiger partial charge in [-0.3, -0.25) is 9.59 Å². The van der Waals surface area contributed by atoms with Crippen molar-refractivity contribution in [3.8, 4) is 5.75 Å². The second kappa shape index (κ2) is 10.1. The fraction of sp³-hybridized carbons (Fsp3) is 0.364. The smallest absolute Gasteiger partial charge is 0.260 e. The summed E-state index contributed by atoms with van der Waals surface area (Å²) < 4.78 is 5.55. The van der Waals surface area contributed by atoms with E-state index in [-0.39, 0.29) is 18.4 Å². The minimum atomic E-state index is -0.0615. The van der Waals surface area contributed by atoms with Crippen molar-refractivity contribution in [2.45, 2.75) is 19.3 Å². The van der Waals surface area contributed by atoms with E-state index in [1.807, 2.05) is 35.2 Å². The predicted molar refractivity (Wildman–Crippen MR) is 109 cm³/mol. The van der Waals surface area contributed by atoms with Gasteiger partial charge in [-0.15, -0.1) is 0 Å². The minimum absolute atomic E-state index is 0.0103. The molecule has 1 saturated heterocycles. The van der Waals surface area contributed by atoms with Crippen molar-refractivity contribution in [2.75, 3.05) is 32.8 Å². The molecule has 28 heavy (non-hydrogen) atoms. The van der Waals surface area contributed by atoms with Crippen molar-refractivity contribution >= 4 is 23.4 Å². The van der Waals surface area contributed by atoms with Crippen molar-refractivity contribution in [1.82, 2.24) is 9.80 Å². The first-order chi connectivity index (χ1) is 13.6. The van der Waals surface area contributed by atoms with Crippen LogP contribution in [-0.4, -0.2) is 54.4 Å². The second-order valence-electron chi connectivity index (χ2n) is 6.84. The van der Waals surface area contributed by atoms with Crippen LogP contribution in [0.25, 0.3) is 0 Å². The maximum atomic E-state index is 12.5. The molecule has 1 aliphatic rings. The van der Waals surface area contributed by atoms with E-state index in [1.165, 1.54) is 5.56 Å². The molecular weight excluding hydrogens is 376 g/mol. The molecule has 148 valence electrons. The average molecular weight is 401 g/mol. The number of halogens is 1. The van der Waals surface area contributed by atoms with E-state index in [0.717, 1.165) is 12.8 Å². The average Bonchev–Trinajstić information content (AvgIpc) is 2.98. The van der Waals surface area contributed by atoms with Crippen LogP contribution in [0.3, 0.4) is 0 Å². The molecule has 0 radical (unpaired) electrons. The van der Waals surface area contributed by atoms with Gasteiger partial charge in [0.1, 0.15) is 5.75 Å². The molecule has 0 atom stereocenters. The molecule has 2 amide bonds. The van der Waals surface area contributed by atoms with Gasteiger partial charge in [0.2, 0.25) is 5.91 Å². The molecule has 6 heteroatoms. The Bertz CT molecular complexity index is 780. The van der Waals surface area contributed by atoms with Crippen molar-refractivity contribution in [1.29, 1.82) is 0 Å². The molecular formula is C22H25ClN2O3. The number of ether oxygens (including phenoxy) is 1. The van der Waals surface area contributed by atoms with Crippen molar-refractivity contribution in [2.24, 2.45) is 0 Å². The Hall–Kier alpha value is -2.53. The Morgan fingerprint density at radius 3 is 2.18 bits per heavy atom. The molecule has 0 aromatic heterocycles. The normalized spacial score (nSPS) is 14.5. The topological polar surface area (TPSA) is 49.9 Å². The Morgan fingerprint density at radius 2 is 1.50 bits per heavy atom. The van der Waals surface area contributed by atoms with Crippen LogP contribution in [0, 0.1) is 0 Å². The van der Waals surface area contributed by atoms with E-state index in [4.69, 9.17) is 16.3 Å². The number of carbonyl (C=O) groups excluding carboxylic acids is 2. The summed E-state index contributed by atoms with van der Waals surface area (Å²) >= 11 is 5.85. The van der Waals surface area contributed by atoms with Gasteiger partial charge in [-0.1, -0.05) is 41.9 Å². The summed E-state index contributed by atoms with van der Waals surface area (Å²) in [6.07, 6.45) is 2.02. The van der Waals surface area contributed by atoms with Crippen LogP contribution in [-0.2, 0) is 16.0 Å². The molecule has 1 fully saturated rings. The Balaban J connectivity index is 1.43. The molecule has 5 nitrogen and oxygen atoms in total. The van der Waals surface area contributed by atoms with Crippen LogP contribution in [0.2, 0.25) is 5.02 Å². The molecule has 3 rings (SSSR count). The number of aryl methyl sites for hydroxylation is 1. The van der Waals surface area contributed by atoms with Gasteiger partial charge < -0.3 is 14.5 Å². The van der Waals surface area contributed by atoms with Gasteiger partial charge in [-0.2, -0.15) is 0 Å². The molecule has 0 aliphatic carbocycles. The summed E-state index contributed by atoms with van der Waals surface area (Å²) in [6.45, 7) is 2.44. The van der Waals surface area contributed by atoms with E-state index in [2.05, 4.69) is 0 Å². The van der Waals surface area contributed by atoms with E-state index >= 15 is 0 Å². The lowest BCUT2D eigenvalue weighted by Gasteiger charge is -2.22. The maximum absolute atomic E-state index is 12.5. The summed E-state index contributed by atoms with van der Waals surface area (Å²) in [6, 6.07) is 17.0. The fourth-order valence-corrected chi connectivity index (χ4v) is 3.36. The van der Waals surface area contributed by atoms with Gasteiger partial charge in [0.15, 0.2) is 6.61 Å². The van der Waals surface area contributed by atoms with Crippen LogP contribution in [0.4, 0.5) is 0 Å². The van der Waals surface area contributed by atoms with Gasteiger partial charge in [-0.05, 0) is 42.7 Å². The summed E-state index contributed by atoms with van der Waals surface area (Å²) in [5, 5.41) is 0.628. The standard InChI is InChI=1S/C22H25ClN2O3/c23-19-8-10-20(11-9-19)28-17-22(27)25-14-4-13-24(15-16-25)21(26)12-7-18-5-2-1-3-6-18/h1-3,5-6,8-11H,4,7,12-17H2. The number of carbonyl (C=O) groups is 2. The molecule has 0 unspecified atom stereocenters. The Kier molecular flexibility index (Phi) is 7.31. The molecule has 0 spiro atoms. The second-order valence-corrected chi connectivity index (χ2v) is 7.28. The lowest BCUT2D eigenvalue weighted by Crippen LogP contribution is -2.39. The van der Waals surface area contributed by atoms with Crippen LogP contribution >= 0.6 is 11.6 Å². The monoisotopic (exact) mass is 400 g/mol. The summed E-state index contributed by atoms with van der Waals surface area (Å²) in [4.78, 5) is 28.6. The first-order valence-electron chi connectivity index (χ1n) is 9.59. The SMILES string of the molecule is O=C(CCc1ccccc1)N1CCCN(C(=O)COc2ccc(Cl)cc2)CC1. The third kappa shape index (κ3) is 5.99. The molecule has 1 aliphatic heterocycles. The summed E-state index contributed by atoms with van der Waals surface area (Å²) in [5.41, 5.74) is 1.17. The zero-order valence-corrected chi connectivity index (χ0v) is 16.6. The highest BCUT2D eigenvalue weighted by atomic mass is 35.5. The van der Waals surface area contributed by atoms with Crippen LogP contribution in [0.1, 0.15) is 18.4 Å². The number of nitrogens with zero attached hydrogens (tertiary/aromatic N) is 2. The Morgan fingerprint density at radius 1 is 0.857 bits per heavy atom. The zero-order valence-electron chi connectivity index (χ0n) is 15.9. The van der Waals surface area contributed by atoms with Gasteiger partial charge in [0, 0.05) is 37.6 Å². The van der Waals surface area contributed by atoms with E-state index < -0.39 is 0 Å². The third-order valence-corrected chi connectivity index (χ3v) is 5.10. The van der Waals surface area contributed by atoms with Crippen molar-refractivity contribution < 1.29 is 14.3 Å². The van der Waals surface area contributed by atoms with E-state index in [9.17, 15) is 9.59 Å². The Labute approximate surface area is 170 Å². The molecule has 1 heterocycles. The highest BCUT2D eigenvalue weighted by molar-refractivity contribution is 6.30. The summed E-state index contributed by atoms with van der Waals surface area (Å²) in [7, 11) is 0. The minimum Gasteiger partial charge on any atom is -0.484 e. The van der Waals surface area contributed by atoms with Gasteiger partial charge in [-0.25, -0.2) is 0 Å². The quantitative estimate of drug-likeness (QED) is 0.746. The lowest BCUT2D eigenvalue weighted by atomic mass is 10.1. The number of hydrogen-bond donors (Lipinski definition) is 0. The highest BCUT2D eigenvalue weighted by Crippen LogP contribution is 2.16. The molecule has 2 aromatic rings. The largest absolute Gasteiger partial charge is 0.484 e. The van der Waals surface area contributed by atoms with Gasteiger partial charge in [0.05, 0.1) is 0 Å². The molecule has 0 bridgehead atoms. The lowest BCUT2D eigenvalue weighted by molar-refractivity contribution is -0.134. The number of rotatable bonds is 6. The molecule has 0 saturated carbocycles. The van der Waals surface area contributed by atoms with Gasteiger partial charge >= 0.3 is 0 Å². The van der Waals surface area contributed by atoms with Crippen LogP contribution < -0.4 is 4.74 Å². The molecule has 2 aromatic carbocycles. The fourth-order valence-electron chi connectivity index (χ4n) is 3.24. The van der Waals surface area contributed by atoms with E-state index in [1.54, 1.807) is 29.2 Å². The van der Waals surface area contributed by atoms with Crippen molar-refractivity contribution in [3.63, 3.8) is 0 Å². The highest BCUT2D eigenvalue weighted by Gasteiger charge is 2.22. The number of hydrogen-bond acceptors (Lipinski definition) is 3. The zero-order chi connectivity index (χ0) is 19.8. The number of amides is 2. The summed E-state index contributed by atoms with van der Waals surface area (Å²) in [5.74, 6) is 0.703. The first-order valence-corrected chi connectivity index (χ1v) is 9.97. The predicted octanol–water partition coefficient (Wildman–Crippen LogP) is 3.41. The first kappa shape index (κ1) is 20.2. The van der Waals surface area contributed by atoms with Crippen LogP contribution in [0.5, 0.6) is 5.75 Å².